The predicted octanol–water partition coefficient (Wildman–Crippen LogP) is 2.38. The summed E-state index contributed by atoms with van der Waals surface area (Å²) in [6, 6.07) is 1.73. The van der Waals surface area contributed by atoms with E-state index in [-0.39, 0.29) is 0 Å². The number of rotatable bonds is 4. The Balaban J connectivity index is 1.86. The number of nitrogens with zero attached hydrogens (tertiary/aromatic N) is 1. The maximum Gasteiger partial charge on any atom is 0.0110 e. The van der Waals surface area contributed by atoms with Crippen LogP contribution in [0, 0.1) is 5.41 Å². The normalized spacial score (nSPS) is 27.2. The Morgan fingerprint density at radius 2 is 1.60 bits per heavy atom. The molecule has 0 saturated heterocycles. The topological polar surface area (TPSA) is 29.3 Å². The summed E-state index contributed by atoms with van der Waals surface area (Å²) in [5.74, 6) is 0. The van der Waals surface area contributed by atoms with E-state index < -0.39 is 0 Å². The highest BCUT2D eigenvalue weighted by molar-refractivity contribution is 4.92. The number of hydrogen-bond donors (Lipinski definition) is 1. The third kappa shape index (κ3) is 2.94. The van der Waals surface area contributed by atoms with Gasteiger partial charge in [0.15, 0.2) is 0 Å². The zero-order valence-electron chi connectivity index (χ0n) is 10.3. The molecule has 0 amide bonds. The molecule has 0 unspecified atom stereocenters. The average molecular weight is 210 g/mol. The third-order valence-corrected chi connectivity index (χ3v) is 4.18. The minimum atomic E-state index is 0.592. The summed E-state index contributed by atoms with van der Waals surface area (Å²) in [5, 5.41) is 0. The van der Waals surface area contributed by atoms with Crippen LogP contribution in [0.4, 0.5) is 0 Å². The first-order chi connectivity index (χ1) is 7.12. The molecule has 15 heavy (non-hydrogen) atoms. The molecule has 0 aromatic carbocycles. The van der Waals surface area contributed by atoms with Crippen LogP contribution >= 0.6 is 0 Å². The Bertz CT molecular complexity index is 199. The number of nitrogens with two attached hydrogens (primary N) is 1. The molecule has 2 heteroatoms. The maximum atomic E-state index is 5.71. The summed E-state index contributed by atoms with van der Waals surface area (Å²) in [6.07, 6.45) is 8.41. The third-order valence-electron chi connectivity index (χ3n) is 4.18. The van der Waals surface area contributed by atoms with Crippen LogP contribution in [-0.2, 0) is 0 Å². The number of hydrogen-bond acceptors (Lipinski definition) is 2. The van der Waals surface area contributed by atoms with E-state index in [1.165, 1.54) is 38.5 Å². The molecule has 2 saturated carbocycles. The van der Waals surface area contributed by atoms with Gasteiger partial charge in [0, 0.05) is 25.2 Å². The molecule has 0 heterocycles. The van der Waals surface area contributed by atoms with Crippen LogP contribution in [0.1, 0.15) is 52.4 Å². The molecular weight excluding hydrogens is 184 g/mol. The van der Waals surface area contributed by atoms with Crippen molar-refractivity contribution in [1.82, 2.24) is 4.90 Å². The van der Waals surface area contributed by atoms with Crippen molar-refractivity contribution in [3.05, 3.63) is 0 Å². The van der Waals surface area contributed by atoms with E-state index in [0.29, 0.717) is 5.41 Å². The van der Waals surface area contributed by atoms with Crippen molar-refractivity contribution in [3.63, 3.8) is 0 Å². The van der Waals surface area contributed by atoms with Crippen LogP contribution in [0.15, 0.2) is 0 Å². The van der Waals surface area contributed by atoms with Gasteiger partial charge < -0.3 is 5.73 Å². The molecule has 0 aliphatic heterocycles. The van der Waals surface area contributed by atoms with Crippen LogP contribution in [-0.4, -0.2) is 30.1 Å². The fourth-order valence-electron chi connectivity index (χ4n) is 2.93. The second kappa shape index (κ2) is 4.42. The lowest BCUT2D eigenvalue weighted by Crippen LogP contribution is -2.43. The molecule has 88 valence electrons. The highest BCUT2D eigenvalue weighted by Gasteiger charge is 2.36. The molecule has 0 radical (unpaired) electrons. The molecule has 2 fully saturated rings. The van der Waals surface area contributed by atoms with Crippen molar-refractivity contribution >= 4 is 0 Å². The van der Waals surface area contributed by atoms with Gasteiger partial charge in [-0.2, -0.15) is 0 Å². The van der Waals surface area contributed by atoms with Crippen molar-refractivity contribution in [2.24, 2.45) is 11.1 Å². The lowest BCUT2D eigenvalue weighted by Gasteiger charge is -2.40. The summed E-state index contributed by atoms with van der Waals surface area (Å²) >= 11 is 0. The van der Waals surface area contributed by atoms with Crippen LogP contribution in [0.3, 0.4) is 0 Å². The Hall–Kier alpha value is -0.0800. The smallest absolute Gasteiger partial charge is 0.0110 e. The van der Waals surface area contributed by atoms with Crippen molar-refractivity contribution in [2.45, 2.75) is 64.5 Å². The zero-order valence-corrected chi connectivity index (χ0v) is 10.3. The SMILES string of the molecule is CC1(C)CCC(N(CCN)C2CC2)CC1. The van der Waals surface area contributed by atoms with Crippen LogP contribution in [0.2, 0.25) is 0 Å². The fourth-order valence-corrected chi connectivity index (χ4v) is 2.93. The monoisotopic (exact) mass is 210 g/mol. The standard InChI is InChI=1S/C13H26N2/c1-13(2)7-5-12(6-8-13)15(10-9-14)11-3-4-11/h11-12H,3-10,14H2,1-2H3. The zero-order chi connectivity index (χ0) is 10.9. The lowest BCUT2D eigenvalue weighted by atomic mass is 9.75. The second-order valence-corrected chi connectivity index (χ2v) is 6.15. The average Bonchev–Trinajstić information content (AvgIpc) is 2.98. The van der Waals surface area contributed by atoms with Crippen molar-refractivity contribution in [3.8, 4) is 0 Å². The molecule has 0 spiro atoms. The van der Waals surface area contributed by atoms with Crippen LogP contribution in [0.5, 0.6) is 0 Å². The van der Waals surface area contributed by atoms with Gasteiger partial charge in [0.25, 0.3) is 0 Å². The molecule has 2 nitrogen and oxygen atoms in total. The molecule has 2 aliphatic carbocycles. The van der Waals surface area contributed by atoms with Gasteiger partial charge in [0.05, 0.1) is 0 Å². The van der Waals surface area contributed by atoms with E-state index >= 15 is 0 Å². The first kappa shape index (κ1) is 11.4. The van der Waals surface area contributed by atoms with Gasteiger partial charge in [-0.15, -0.1) is 0 Å². The maximum absolute atomic E-state index is 5.71. The molecule has 2 aliphatic rings. The highest BCUT2D eigenvalue weighted by atomic mass is 15.2. The highest BCUT2D eigenvalue weighted by Crippen LogP contribution is 2.39. The van der Waals surface area contributed by atoms with E-state index in [1.807, 2.05) is 0 Å². The summed E-state index contributed by atoms with van der Waals surface area (Å²) in [4.78, 5) is 2.70. The van der Waals surface area contributed by atoms with Gasteiger partial charge in [-0.25, -0.2) is 0 Å². The first-order valence-electron chi connectivity index (χ1n) is 6.58. The van der Waals surface area contributed by atoms with Crippen molar-refractivity contribution < 1.29 is 0 Å². The van der Waals surface area contributed by atoms with Gasteiger partial charge in [-0.3, -0.25) is 4.90 Å². The van der Waals surface area contributed by atoms with E-state index in [2.05, 4.69) is 18.7 Å². The summed E-state index contributed by atoms with van der Waals surface area (Å²) in [5.41, 5.74) is 6.30. The quantitative estimate of drug-likeness (QED) is 0.772. The minimum Gasteiger partial charge on any atom is -0.329 e. The van der Waals surface area contributed by atoms with Gasteiger partial charge in [0.1, 0.15) is 0 Å². The van der Waals surface area contributed by atoms with Crippen molar-refractivity contribution in [1.29, 1.82) is 0 Å². The van der Waals surface area contributed by atoms with Gasteiger partial charge in [0.2, 0.25) is 0 Å². The Morgan fingerprint density at radius 1 is 1.07 bits per heavy atom. The predicted molar refractivity (Wildman–Crippen MR) is 64.8 cm³/mol. The molecule has 0 aromatic heterocycles. The molecule has 0 atom stereocenters. The Labute approximate surface area is 94.2 Å². The summed E-state index contributed by atoms with van der Waals surface area (Å²) < 4.78 is 0. The van der Waals surface area contributed by atoms with E-state index in [9.17, 15) is 0 Å². The van der Waals surface area contributed by atoms with E-state index in [4.69, 9.17) is 5.73 Å². The van der Waals surface area contributed by atoms with E-state index in [1.54, 1.807) is 0 Å². The molecule has 0 bridgehead atoms. The second-order valence-electron chi connectivity index (χ2n) is 6.15. The fraction of sp³-hybridized carbons (Fsp3) is 1.00. The Kier molecular flexibility index (Phi) is 3.36. The summed E-state index contributed by atoms with van der Waals surface area (Å²) in [7, 11) is 0. The molecular formula is C13H26N2. The van der Waals surface area contributed by atoms with Gasteiger partial charge in [-0.1, -0.05) is 13.8 Å². The van der Waals surface area contributed by atoms with Gasteiger partial charge >= 0.3 is 0 Å². The molecule has 0 aromatic rings. The van der Waals surface area contributed by atoms with Gasteiger partial charge in [-0.05, 0) is 43.9 Å². The van der Waals surface area contributed by atoms with Crippen LogP contribution < -0.4 is 5.73 Å². The van der Waals surface area contributed by atoms with E-state index in [0.717, 1.165) is 25.2 Å². The molecule has 2 rings (SSSR count). The first-order valence-corrected chi connectivity index (χ1v) is 6.58. The lowest BCUT2D eigenvalue weighted by molar-refractivity contribution is 0.103. The summed E-state index contributed by atoms with van der Waals surface area (Å²) in [6.45, 7) is 6.77. The van der Waals surface area contributed by atoms with Crippen molar-refractivity contribution in [2.75, 3.05) is 13.1 Å². The molecule has 2 N–H and O–H groups in total. The minimum absolute atomic E-state index is 0.592. The Morgan fingerprint density at radius 3 is 2.07 bits per heavy atom. The van der Waals surface area contributed by atoms with Crippen LogP contribution in [0.25, 0.3) is 0 Å². The largest absolute Gasteiger partial charge is 0.329 e.